The van der Waals surface area contributed by atoms with Crippen LogP contribution in [0.2, 0.25) is 0 Å². The van der Waals surface area contributed by atoms with Crippen molar-refractivity contribution in [2.45, 2.75) is 49.6 Å². The largest absolute Gasteiger partial charge is 0.325 e. The fourth-order valence-electron chi connectivity index (χ4n) is 7.15. The van der Waals surface area contributed by atoms with E-state index in [1.54, 1.807) is 11.1 Å². The van der Waals surface area contributed by atoms with Gasteiger partial charge in [-0.1, -0.05) is 42.5 Å². The first-order valence-electron chi connectivity index (χ1n) is 13.7. The van der Waals surface area contributed by atoms with Crippen LogP contribution in [0.5, 0.6) is 0 Å². The van der Waals surface area contributed by atoms with E-state index in [4.69, 9.17) is 0 Å². The van der Waals surface area contributed by atoms with Crippen LogP contribution in [-0.2, 0) is 32.6 Å². The predicted molar refractivity (Wildman–Crippen MR) is 147 cm³/mol. The Morgan fingerprint density at radius 1 is 1.08 bits per heavy atom. The summed E-state index contributed by atoms with van der Waals surface area (Å²) in [5, 5.41) is 5.97. The minimum atomic E-state index is -0.652. The lowest BCUT2D eigenvalue weighted by atomic mass is 9.79. The third-order valence-electron chi connectivity index (χ3n) is 9.24. The molecule has 2 saturated heterocycles. The Bertz CT molecular complexity index is 1510. The molecule has 2 N–H and O–H groups in total. The highest BCUT2D eigenvalue weighted by Crippen LogP contribution is 2.47. The molecule has 8 nitrogen and oxygen atoms in total. The molecule has 39 heavy (non-hydrogen) atoms. The van der Waals surface area contributed by atoms with Crippen LogP contribution in [0, 0.1) is 0 Å². The van der Waals surface area contributed by atoms with E-state index in [1.165, 1.54) is 0 Å². The van der Waals surface area contributed by atoms with Crippen molar-refractivity contribution >= 4 is 29.2 Å². The zero-order chi connectivity index (χ0) is 26.8. The molecule has 7 rings (SSSR count). The van der Waals surface area contributed by atoms with E-state index in [9.17, 15) is 14.4 Å². The second-order valence-electron chi connectivity index (χ2n) is 11.5. The molecule has 2 aromatic carbocycles. The first-order chi connectivity index (χ1) is 18.9. The summed E-state index contributed by atoms with van der Waals surface area (Å²) in [6.45, 7) is 3.63. The van der Waals surface area contributed by atoms with Gasteiger partial charge >= 0.3 is 0 Å². The highest BCUT2D eigenvalue weighted by molar-refractivity contribution is 6.06. The number of fused-ring (bicyclic) bond motifs is 4. The highest BCUT2D eigenvalue weighted by atomic mass is 16.2. The number of piperazine rings is 1. The molecule has 0 bridgehead atoms. The Morgan fingerprint density at radius 2 is 1.90 bits per heavy atom. The number of carbonyl (C=O) groups is 3. The lowest BCUT2D eigenvalue weighted by molar-refractivity contribution is -0.154. The number of aromatic nitrogens is 1. The van der Waals surface area contributed by atoms with Gasteiger partial charge in [0.1, 0.15) is 12.4 Å². The molecule has 3 atom stereocenters. The summed E-state index contributed by atoms with van der Waals surface area (Å²) in [5.74, 6) is 0.409. The smallest absolute Gasteiger partial charge is 0.244 e. The Balaban J connectivity index is 1.11. The van der Waals surface area contributed by atoms with E-state index in [2.05, 4.69) is 20.5 Å². The summed E-state index contributed by atoms with van der Waals surface area (Å²) in [7, 11) is 0. The number of hydrogen-bond acceptors (Lipinski definition) is 5. The number of rotatable bonds is 4. The molecule has 1 spiro atoms. The van der Waals surface area contributed by atoms with Crippen LogP contribution in [0.4, 0.5) is 11.5 Å². The quantitative estimate of drug-likeness (QED) is 0.549. The molecule has 8 heteroatoms. The first kappa shape index (κ1) is 24.0. The molecule has 3 aromatic rings. The van der Waals surface area contributed by atoms with E-state index >= 15 is 0 Å². The summed E-state index contributed by atoms with van der Waals surface area (Å²) in [4.78, 5) is 48.6. The van der Waals surface area contributed by atoms with Gasteiger partial charge in [-0.15, -0.1) is 0 Å². The maximum Gasteiger partial charge on any atom is 0.244 e. The van der Waals surface area contributed by atoms with Gasteiger partial charge in [-0.25, -0.2) is 4.98 Å². The van der Waals surface area contributed by atoms with Gasteiger partial charge in [-0.3, -0.25) is 19.3 Å². The summed E-state index contributed by atoms with van der Waals surface area (Å²) < 4.78 is 0. The minimum Gasteiger partial charge on any atom is -0.325 e. The van der Waals surface area contributed by atoms with Gasteiger partial charge in [0.15, 0.2) is 0 Å². The maximum absolute atomic E-state index is 13.8. The summed E-state index contributed by atoms with van der Waals surface area (Å²) in [6.07, 6.45) is 4.65. The molecule has 2 fully saturated rings. The Morgan fingerprint density at radius 3 is 2.74 bits per heavy atom. The van der Waals surface area contributed by atoms with E-state index in [0.717, 1.165) is 48.2 Å². The second kappa shape index (κ2) is 8.74. The maximum atomic E-state index is 13.8. The zero-order valence-electron chi connectivity index (χ0n) is 21.9. The number of anilines is 2. The van der Waals surface area contributed by atoms with Crippen LogP contribution in [0.25, 0.3) is 0 Å². The summed E-state index contributed by atoms with van der Waals surface area (Å²) in [6, 6.07) is 19.5. The summed E-state index contributed by atoms with van der Waals surface area (Å²) >= 11 is 0. The number of amides is 3. The molecular formula is C31H31N5O3. The third-order valence-corrected chi connectivity index (χ3v) is 9.24. The predicted octanol–water partition coefficient (Wildman–Crippen LogP) is 3.45. The van der Waals surface area contributed by atoms with E-state index in [-0.39, 0.29) is 30.3 Å². The first-order valence-corrected chi connectivity index (χ1v) is 13.7. The molecule has 3 aliphatic heterocycles. The van der Waals surface area contributed by atoms with Crippen molar-refractivity contribution in [2.24, 2.45) is 0 Å². The minimum absolute atomic E-state index is 0.00963. The van der Waals surface area contributed by atoms with Gasteiger partial charge in [-0.2, -0.15) is 0 Å². The molecule has 0 unspecified atom stereocenters. The number of benzene rings is 2. The molecule has 4 heterocycles. The topological polar surface area (TPSA) is 94.6 Å². The Labute approximate surface area is 227 Å². The number of carbonyl (C=O) groups excluding carboxylic acids is 3. The van der Waals surface area contributed by atoms with Gasteiger partial charge in [0, 0.05) is 24.0 Å². The molecular weight excluding hydrogens is 490 g/mol. The lowest BCUT2D eigenvalue weighted by Gasteiger charge is -2.48. The zero-order valence-corrected chi connectivity index (χ0v) is 21.9. The molecule has 1 aliphatic carbocycles. The van der Waals surface area contributed by atoms with Gasteiger partial charge < -0.3 is 15.5 Å². The second-order valence-corrected chi connectivity index (χ2v) is 11.5. The van der Waals surface area contributed by atoms with Gasteiger partial charge in [0.05, 0.1) is 17.0 Å². The van der Waals surface area contributed by atoms with Crippen molar-refractivity contribution in [3.05, 3.63) is 89.1 Å². The van der Waals surface area contributed by atoms with E-state index in [0.29, 0.717) is 24.3 Å². The van der Waals surface area contributed by atoms with Crippen molar-refractivity contribution in [1.82, 2.24) is 14.8 Å². The molecule has 3 amide bonds. The molecule has 0 radical (unpaired) electrons. The van der Waals surface area contributed by atoms with Crippen LogP contribution >= 0.6 is 0 Å². The van der Waals surface area contributed by atoms with E-state index < -0.39 is 11.0 Å². The van der Waals surface area contributed by atoms with Gasteiger partial charge in [0.2, 0.25) is 17.7 Å². The molecule has 4 aliphatic rings. The van der Waals surface area contributed by atoms with Crippen LogP contribution in [0.1, 0.15) is 48.1 Å². The normalized spacial score (nSPS) is 27.3. The van der Waals surface area contributed by atoms with Gasteiger partial charge in [-0.05, 0) is 74.0 Å². The molecule has 1 aromatic heterocycles. The average Bonchev–Trinajstić information content (AvgIpc) is 3.60. The number of nitrogens with one attached hydrogen (secondary N) is 2. The monoisotopic (exact) mass is 521 g/mol. The SMILES string of the molecule is C[C@@]12CCCN1C[C@@H](c1ccccc1)N(CC(=O)Nc1ccc3c(c1)C[C@@]1(C3)C(=O)Nc3ncccc31)C2=O. The van der Waals surface area contributed by atoms with Crippen molar-refractivity contribution in [3.8, 4) is 0 Å². The summed E-state index contributed by atoms with van der Waals surface area (Å²) in [5.41, 5.74) is 3.59. The fourth-order valence-corrected chi connectivity index (χ4v) is 7.15. The van der Waals surface area contributed by atoms with Crippen molar-refractivity contribution in [2.75, 3.05) is 30.3 Å². The highest BCUT2D eigenvalue weighted by Gasteiger charge is 2.52. The fraction of sp³-hybridized carbons (Fsp3) is 0.355. The van der Waals surface area contributed by atoms with E-state index in [1.807, 2.05) is 67.6 Å². The Kier molecular flexibility index (Phi) is 5.39. The van der Waals surface area contributed by atoms with Crippen LogP contribution < -0.4 is 10.6 Å². The number of pyridine rings is 1. The van der Waals surface area contributed by atoms with Gasteiger partial charge in [0.25, 0.3) is 0 Å². The average molecular weight is 522 g/mol. The van der Waals surface area contributed by atoms with Crippen LogP contribution in [0.15, 0.2) is 66.9 Å². The van der Waals surface area contributed by atoms with Crippen LogP contribution in [-0.4, -0.2) is 57.7 Å². The van der Waals surface area contributed by atoms with Crippen molar-refractivity contribution in [1.29, 1.82) is 0 Å². The van der Waals surface area contributed by atoms with Crippen molar-refractivity contribution in [3.63, 3.8) is 0 Å². The molecule has 198 valence electrons. The lowest BCUT2D eigenvalue weighted by Crippen LogP contribution is -2.63. The van der Waals surface area contributed by atoms with Crippen molar-refractivity contribution < 1.29 is 14.4 Å². The number of hydrogen-bond donors (Lipinski definition) is 2. The Hall–Kier alpha value is -4.04. The molecule has 0 saturated carbocycles. The third kappa shape index (κ3) is 3.69. The standard InChI is InChI=1S/C31H31N5O3/c1-30-12-6-14-35(30)18-25(20-7-3-2-4-8-20)36(29(30)39)19-26(37)33-23-11-10-21-16-31(17-22(21)15-23)24-9-5-13-32-27(24)34-28(31)38/h2-5,7-11,13,15,25H,6,12,14,16-19H2,1H3,(H,33,37)(H,32,34,38)/t25-,30-,31+/m0/s1. The number of nitrogens with zero attached hydrogens (tertiary/aromatic N) is 3. The van der Waals surface area contributed by atoms with Crippen LogP contribution in [0.3, 0.4) is 0 Å².